The van der Waals surface area contributed by atoms with E-state index in [1.54, 1.807) is 11.3 Å². The second kappa shape index (κ2) is 6.12. The lowest BCUT2D eigenvalue weighted by Crippen LogP contribution is -2.40. The topological polar surface area (TPSA) is 38.5 Å². The molecule has 0 aromatic carbocycles. The minimum absolute atomic E-state index is 0.453. The fourth-order valence-corrected chi connectivity index (χ4v) is 3.45. The average molecular weight is 305 g/mol. The van der Waals surface area contributed by atoms with E-state index in [-0.39, 0.29) is 0 Å². The van der Waals surface area contributed by atoms with Gasteiger partial charge in [-0.3, -0.25) is 4.90 Å². The molecule has 1 atom stereocenters. The number of halogens is 1. The van der Waals surface area contributed by atoms with Gasteiger partial charge in [0.1, 0.15) is 0 Å². The summed E-state index contributed by atoms with van der Waals surface area (Å²) >= 11 is 5.29. The molecule has 1 saturated heterocycles. The summed E-state index contributed by atoms with van der Waals surface area (Å²) in [6, 6.07) is 4.27. The number of hydrogen-bond acceptors (Lipinski definition) is 4. The molecular weight excluding hydrogens is 288 g/mol. The summed E-state index contributed by atoms with van der Waals surface area (Å²) in [5.41, 5.74) is 5.86. The molecule has 1 unspecified atom stereocenters. The van der Waals surface area contributed by atoms with Gasteiger partial charge in [-0.25, -0.2) is 0 Å². The molecule has 1 aliphatic rings. The van der Waals surface area contributed by atoms with Crippen molar-refractivity contribution in [2.24, 2.45) is 5.73 Å². The van der Waals surface area contributed by atoms with Gasteiger partial charge >= 0.3 is 0 Å². The lowest BCUT2D eigenvalue weighted by atomic mass is 10.1. The van der Waals surface area contributed by atoms with Crippen LogP contribution in [-0.2, 0) is 4.74 Å². The zero-order valence-corrected chi connectivity index (χ0v) is 11.6. The van der Waals surface area contributed by atoms with Crippen molar-refractivity contribution in [3.8, 4) is 0 Å². The number of nitrogens with zero attached hydrogens (tertiary/aromatic N) is 1. The Hall–Kier alpha value is 0.0600. The first-order valence-electron chi connectivity index (χ1n) is 5.55. The lowest BCUT2D eigenvalue weighted by Gasteiger charge is -2.29. The van der Waals surface area contributed by atoms with Crippen LogP contribution in [0, 0.1) is 0 Å². The van der Waals surface area contributed by atoms with Crippen molar-refractivity contribution in [2.75, 3.05) is 39.4 Å². The van der Waals surface area contributed by atoms with Crippen LogP contribution < -0.4 is 5.73 Å². The molecule has 0 amide bonds. The fourth-order valence-electron chi connectivity index (χ4n) is 1.92. The summed E-state index contributed by atoms with van der Waals surface area (Å²) in [4.78, 5) is 3.81. The van der Waals surface area contributed by atoms with Crippen LogP contribution in [0.1, 0.15) is 10.8 Å². The minimum Gasteiger partial charge on any atom is -0.379 e. The molecular formula is C11H17BrN2OS. The molecule has 0 spiro atoms. The van der Waals surface area contributed by atoms with Crippen molar-refractivity contribution in [3.05, 3.63) is 20.8 Å². The van der Waals surface area contributed by atoms with Crippen LogP contribution >= 0.6 is 27.3 Å². The Bertz CT molecular complexity index is 326. The largest absolute Gasteiger partial charge is 0.379 e. The van der Waals surface area contributed by atoms with Crippen LogP contribution in [0.5, 0.6) is 0 Å². The Kier molecular flexibility index (Phi) is 4.79. The van der Waals surface area contributed by atoms with Gasteiger partial charge in [-0.15, -0.1) is 11.3 Å². The number of nitrogens with two attached hydrogens (primary N) is 1. The van der Waals surface area contributed by atoms with E-state index in [1.165, 1.54) is 8.66 Å². The highest BCUT2D eigenvalue weighted by atomic mass is 79.9. The van der Waals surface area contributed by atoms with Gasteiger partial charge in [0.05, 0.1) is 17.0 Å². The van der Waals surface area contributed by atoms with E-state index in [9.17, 15) is 0 Å². The van der Waals surface area contributed by atoms with E-state index in [1.807, 2.05) is 0 Å². The normalized spacial score (nSPS) is 19.9. The van der Waals surface area contributed by atoms with Crippen molar-refractivity contribution in [2.45, 2.75) is 5.92 Å². The van der Waals surface area contributed by atoms with Crippen LogP contribution in [0.3, 0.4) is 0 Å². The van der Waals surface area contributed by atoms with Gasteiger partial charge in [-0.1, -0.05) is 0 Å². The third-order valence-corrected chi connectivity index (χ3v) is 4.65. The predicted molar refractivity (Wildman–Crippen MR) is 71.1 cm³/mol. The molecule has 2 N–H and O–H groups in total. The molecule has 0 saturated carbocycles. The third kappa shape index (κ3) is 3.28. The molecule has 16 heavy (non-hydrogen) atoms. The Morgan fingerprint density at radius 3 is 2.75 bits per heavy atom. The Balaban J connectivity index is 1.94. The molecule has 3 nitrogen and oxygen atoms in total. The zero-order chi connectivity index (χ0) is 11.4. The van der Waals surface area contributed by atoms with Gasteiger partial charge in [0.2, 0.25) is 0 Å². The summed E-state index contributed by atoms with van der Waals surface area (Å²) in [7, 11) is 0. The van der Waals surface area contributed by atoms with Gasteiger partial charge in [0.25, 0.3) is 0 Å². The second-order valence-corrected chi connectivity index (χ2v) is 6.48. The standard InChI is InChI=1S/C11H17BrN2OS/c12-11-2-1-10(16-11)9(7-13)8-14-3-5-15-6-4-14/h1-2,9H,3-8,13H2. The molecule has 5 heteroatoms. The van der Waals surface area contributed by atoms with Gasteiger partial charge in [0.15, 0.2) is 0 Å². The molecule has 2 rings (SSSR count). The molecule has 1 aromatic rings. The quantitative estimate of drug-likeness (QED) is 0.923. The summed E-state index contributed by atoms with van der Waals surface area (Å²) < 4.78 is 6.53. The third-order valence-electron chi connectivity index (χ3n) is 2.86. The number of rotatable bonds is 4. The summed E-state index contributed by atoms with van der Waals surface area (Å²) in [6.07, 6.45) is 0. The number of morpholine rings is 1. The lowest BCUT2D eigenvalue weighted by molar-refractivity contribution is 0.0355. The van der Waals surface area contributed by atoms with E-state index in [4.69, 9.17) is 10.5 Å². The van der Waals surface area contributed by atoms with E-state index in [0.717, 1.165) is 32.8 Å². The molecule has 0 aliphatic carbocycles. The van der Waals surface area contributed by atoms with Crippen LogP contribution in [0.2, 0.25) is 0 Å². The van der Waals surface area contributed by atoms with E-state index in [2.05, 4.69) is 33.0 Å². The summed E-state index contributed by atoms with van der Waals surface area (Å²) in [6.45, 7) is 5.53. The highest BCUT2D eigenvalue weighted by Crippen LogP contribution is 2.28. The molecule has 1 aliphatic heterocycles. The van der Waals surface area contributed by atoms with Gasteiger partial charge in [0, 0.05) is 37.0 Å². The maximum absolute atomic E-state index is 5.86. The Morgan fingerprint density at radius 2 is 2.19 bits per heavy atom. The first-order chi connectivity index (χ1) is 7.79. The van der Waals surface area contributed by atoms with E-state index < -0.39 is 0 Å². The first kappa shape index (κ1) is 12.5. The number of thiophene rings is 1. The SMILES string of the molecule is NCC(CN1CCOCC1)c1ccc(Br)s1. The zero-order valence-electron chi connectivity index (χ0n) is 9.19. The smallest absolute Gasteiger partial charge is 0.0701 e. The van der Waals surface area contributed by atoms with Crippen LogP contribution in [0.25, 0.3) is 0 Å². The van der Waals surface area contributed by atoms with Crippen molar-refractivity contribution in [1.82, 2.24) is 4.90 Å². The highest BCUT2D eigenvalue weighted by Gasteiger charge is 2.18. The van der Waals surface area contributed by atoms with Crippen LogP contribution in [0.15, 0.2) is 15.9 Å². The summed E-state index contributed by atoms with van der Waals surface area (Å²) in [5.74, 6) is 0.453. The fraction of sp³-hybridized carbons (Fsp3) is 0.636. The molecule has 1 aromatic heterocycles. The van der Waals surface area contributed by atoms with Gasteiger partial charge in [-0.05, 0) is 28.1 Å². The molecule has 1 fully saturated rings. The van der Waals surface area contributed by atoms with Gasteiger partial charge < -0.3 is 10.5 Å². The van der Waals surface area contributed by atoms with E-state index in [0.29, 0.717) is 12.5 Å². The van der Waals surface area contributed by atoms with Crippen molar-refractivity contribution >= 4 is 27.3 Å². The maximum atomic E-state index is 5.86. The van der Waals surface area contributed by atoms with Crippen LogP contribution in [0.4, 0.5) is 0 Å². The average Bonchev–Trinajstić information content (AvgIpc) is 2.74. The Labute approximate surface area is 109 Å². The van der Waals surface area contributed by atoms with E-state index >= 15 is 0 Å². The summed E-state index contributed by atoms with van der Waals surface area (Å²) in [5, 5.41) is 0. The van der Waals surface area contributed by atoms with Gasteiger partial charge in [-0.2, -0.15) is 0 Å². The predicted octanol–water partition coefficient (Wildman–Crippen LogP) is 1.89. The Morgan fingerprint density at radius 1 is 1.44 bits per heavy atom. The molecule has 0 bridgehead atoms. The van der Waals surface area contributed by atoms with Crippen molar-refractivity contribution < 1.29 is 4.74 Å². The number of ether oxygens (including phenoxy) is 1. The van der Waals surface area contributed by atoms with Crippen LogP contribution in [-0.4, -0.2) is 44.3 Å². The molecule has 0 radical (unpaired) electrons. The minimum atomic E-state index is 0.453. The highest BCUT2D eigenvalue weighted by molar-refractivity contribution is 9.11. The first-order valence-corrected chi connectivity index (χ1v) is 7.16. The van der Waals surface area contributed by atoms with Crippen molar-refractivity contribution in [3.63, 3.8) is 0 Å². The second-order valence-electron chi connectivity index (χ2n) is 3.99. The number of hydrogen-bond donors (Lipinski definition) is 1. The molecule has 2 heterocycles. The maximum Gasteiger partial charge on any atom is 0.0701 e. The van der Waals surface area contributed by atoms with Crippen molar-refractivity contribution in [1.29, 1.82) is 0 Å². The monoisotopic (exact) mass is 304 g/mol. The molecule has 90 valence electrons.